The van der Waals surface area contributed by atoms with Crippen molar-refractivity contribution in [3.63, 3.8) is 0 Å². The summed E-state index contributed by atoms with van der Waals surface area (Å²) in [5.41, 5.74) is 5.27. The number of carbonyl (C=O) groups excluding carboxylic acids is 2. The Morgan fingerprint density at radius 1 is 0.879 bits per heavy atom. The Labute approximate surface area is 197 Å². The van der Waals surface area contributed by atoms with Crippen molar-refractivity contribution in [2.45, 2.75) is 52.6 Å². The van der Waals surface area contributed by atoms with Crippen LogP contribution < -0.4 is 5.32 Å². The van der Waals surface area contributed by atoms with Gasteiger partial charge in [0.1, 0.15) is 6.04 Å². The van der Waals surface area contributed by atoms with Gasteiger partial charge in [0.05, 0.1) is 6.42 Å². The lowest BCUT2D eigenvalue weighted by Crippen LogP contribution is -2.51. The maximum atomic E-state index is 13.7. The molecule has 4 nitrogen and oxygen atoms in total. The summed E-state index contributed by atoms with van der Waals surface area (Å²) in [6.07, 6.45) is 1.58. The fourth-order valence-corrected chi connectivity index (χ4v) is 3.99. The van der Waals surface area contributed by atoms with Gasteiger partial charge < -0.3 is 10.2 Å². The second kappa shape index (κ2) is 12.0. The molecule has 0 fully saturated rings. The third-order valence-electron chi connectivity index (χ3n) is 5.86. The Kier molecular flexibility index (Phi) is 8.82. The number of hydrogen-bond donors (Lipinski definition) is 1. The summed E-state index contributed by atoms with van der Waals surface area (Å²) in [4.78, 5) is 28.8. The van der Waals surface area contributed by atoms with E-state index in [0.717, 1.165) is 34.2 Å². The van der Waals surface area contributed by atoms with E-state index in [4.69, 9.17) is 0 Å². The highest BCUT2D eigenvalue weighted by Gasteiger charge is 2.30. The highest BCUT2D eigenvalue weighted by molar-refractivity contribution is 5.88. The monoisotopic (exact) mass is 442 g/mol. The second-order valence-corrected chi connectivity index (χ2v) is 8.61. The topological polar surface area (TPSA) is 49.4 Å². The van der Waals surface area contributed by atoms with Gasteiger partial charge in [0.25, 0.3) is 0 Å². The molecule has 172 valence electrons. The lowest BCUT2D eigenvalue weighted by molar-refractivity contribution is -0.140. The van der Waals surface area contributed by atoms with Crippen molar-refractivity contribution in [2.75, 3.05) is 6.54 Å². The van der Waals surface area contributed by atoms with E-state index in [2.05, 4.69) is 5.32 Å². The van der Waals surface area contributed by atoms with Crippen molar-refractivity contribution >= 4 is 11.8 Å². The molecule has 3 aromatic rings. The van der Waals surface area contributed by atoms with Crippen LogP contribution in [0.2, 0.25) is 0 Å². The zero-order chi connectivity index (χ0) is 23.6. The first kappa shape index (κ1) is 24.2. The molecule has 3 rings (SSSR count). The molecule has 0 aliphatic rings. The van der Waals surface area contributed by atoms with Gasteiger partial charge in [-0.3, -0.25) is 9.59 Å². The maximum Gasteiger partial charge on any atom is 0.243 e. The van der Waals surface area contributed by atoms with Gasteiger partial charge in [0.15, 0.2) is 0 Å². The normalized spacial score (nSPS) is 11.6. The highest BCUT2D eigenvalue weighted by atomic mass is 16.2. The summed E-state index contributed by atoms with van der Waals surface area (Å²) in [6.45, 7) is 7.08. The molecular formula is C29H34N2O2. The lowest BCUT2D eigenvalue weighted by Gasteiger charge is -2.32. The number of nitrogens with one attached hydrogen (secondary N) is 1. The third-order valence-corrected chi connectivity index (χ3v) is 5.86. The van der Waals surface area contributed by atoms with Gasteiger partial charge in [-0.2, -0.15) is 0 Å². The summed E-state index contributed by atoms with van der Waals surface area (Å²) >= 11 is 0. The predicted octanol–water partition coefficient (Wildman–Crippen LogP) is 5.01. The molecule has 4 heteroatoms. The molecule has 1 atom stereocenters. The first-order chi connectivity index (χ1) is 16.0. The quantitative estimate of drug-likeness (QED) is 0.480. The van der Waals surface area contributed by atoms with Gasteiger partial charge >= 0.3 is 0 Å². The second-order valence-electron chi connectivity index (χ2n) is 8.61. The number of amides is 2. The molecular weight excluding hydrogens is 408 g/mol. The third kappa shape index (κ3) is 7.04. The van der Waals surface area contributed by atoms with Crippen LogP contribution in [0.4, 0.5) is 0 Å². The van der Waals surface area contributed by atoms with E-state index >= 15 is 0 Å². The van der Waals surface area contributed by atoms with Crippen LogP contribution in [0.15, 0.2) is 78.9 Å². The maximum absolute atomic E-state index is 13.7. The standard InChI is InChI=1S/C29H34N2O2/c1-4-17-30-29(33)27(19-24-13-6-5-7-14-24)31(21-26-16-9-8-12-23(26)3)28(32)20-25-15-10-11-22(2)18-25/h5-16,18,27H,4,17,19-21H2,1-3H3,(H,30,33). The van der Waals surface area contributed by atoms with Crippen LogP contribution in [0.25, 0.3) is 0 Å². The molecule has 0 saturated carbocycles. The summed E-state index contributed by atoms with van der Waals surface area (Å²) in [5.74, 6) is -0.150. The lowest BCUT2D eigenvalue weighted by atomic mass is 10.00. The molecule has 0 aromatic heterocycles. The van der Waals surface area contributed by atoms with Crippen molar-refractivity contribution < 1.29 is 9.59 Å². The van der Waals surface area contributed by atoms with Crippen molar-refractivity contribution in [3.8, 4) is 0 Å². The molecule has 0 saturated heterocycles. The van der Waals surface area contributed by atoms with Gasteiger partial charge in [-0.15, -0.1) is 0 Å². The Balaban J connectivity index is 1.96. The molecule has 2 amide bonds. The zero-order valence-electron chi connectivity index (χ0n) is 19.9. The molecule has 0 aliphatic heterocycles. The van der Waals surface area contributed by atoms with Crippen molar-refractivity contribution in [2.24, 2.45) is 0 Å². The minimum atomic E-state index is -0.587. The number of nitrogens with zero attached hydrogens (tertiary/aromatic N) is 1. The van der Waals surface area contributed by atoms with Gasteiger partial charge in [-0.1, -0.05) is 91.3 Å². The number of carbonyl (C=O) groups is 2. The summed E-state index contributed by atoms with van der Waals surface area (Å²) in [7, 11) is 0. The van der Waals surface area contributed by atoms with Crippen LogP contribution in [-0.4, -0.2) is 29.3 Å². The fraction of sp³-hybridized carbons (Fsp3) is 0.310. The Bertz CT molecular complexity index is 1060. The molecule has 3 aromatic carbocycles. The van der Waals surface area contributed by atoms with Crippen LogP contribution in [0.3, 0.4) is 0 Å². The smallest absolute Gasteiger partial charge is 0.243 e. The van der Waals surface area contributed by atoms with Crippen LogP contribution in [0.5, 0.6) is 0 Å². The van der Waals surface area contributed by atoms with Crippen LogP contribution in [0, 0.1) is 13.8 Å². The van der Waals surface area contributed by atoms with Gasteiger partial charge in [0, 0.05) is 19.5 Å². The summed E-state index contributed by atoms with van der Waals surface area (Å²) in [5, 5.41) is 3.03. The summed E-state index contributed by atoms with van der Waals surface area (Å²) in [6, 6.07) is 25.4. The number of rotatable bonds is 10. The van der Waals surface area contributed by atoms with Crippen molar-refractivity contribution in [1.82, 2.24) is 10.2 Å². The predicted molar refractivity (Wildman–Crippen MR) is 134 cm³/mol. The van der Waals surface area contributed by atoms with E-state index in [-0.39, 0.29) is 18.2 Å². The van der Waals surface area contributed by atoms with E-state index < -0.39 is 6.04 Å². The van der Waals surface area contributed by atoms with Gasteiger partial charge in [0.2, 0.25) is 11.8 Å². The van der Waals surface area contributed by atoms with Crippen molar-refractivity contribution in [1.29, 1.82) is 0 Å². The highest BCUT2D eigenvalue weighted by Crippen LogP contribution is 2.18. The minimum Gasteiger partial charge on any atom is -0.354 e. The Morgan fingerprint density at radius 2 is 1.58 bits per heavy atom. The summed E-state index contributed by atoms with van der Waals surface area (Å²) < 4.78 is 0. The average Bonchev–Trinajstić information content (AvgIpc) is 2.81. The van der Waals surface area contributed by atoms with Crippen molar-refractivity contribution in [3.05, 3.63) is 107 Å². The van der Waals surface area contributed by atoms with Crippen LogP contribution in [0.1, 0.15) is 41.2 Å². The molecule has 0 aliphatic carbocycles. The molecule has 0 spiro atoms. The minimum absolute atomic E-state index is 0.0450. The van der Waals surface area contributed by atoms with Gasteiger partial charge in [-0.25, -0.2) is 0 Å². The average molecular weight is 443 g/mol. The molecule has 33 heavy (non-hydrogen) atoms. The van der Waals surface area contributed by atoms with Crippen LogP contribution in [-0.2, 0) is 29.0 Å². The molecule has 0 heterocycles. The Morgan fingerprint density at radius 3 is 2.27 bits per heavy atom. The molecule has 0 bridgehead atoms. The largest absolute Gasteiger partial charge is 0.354 e. The van der Waals surface area contributed by atoms with Crippen LogP contribution >= 0.6 is 0 Å². The van der Waals surface area contributed by atoms with E-state index in [1.807, 2.05) is 99.6 Å². The number of aryl methyl sites for hydroxylation is 2. The number of benzene rings is 3. The molecule has 0 radical (unpaired) electrons. The fourth-order valence-electron chi connectivity index (χ4n) is 3.99. The van der Waals surface area contributed by atoms with E-state index in [1.54, 1.807) is 4.90 Å². The van der Waals surface area contributed by atoms with E-state index in [1.165, 1.54) is 0 Å². The number of hydrogen-bond acceptors (Lipinski definition) is 2. The first-order valence-electron chi connectivity index (χ1n) is 11.7. The SMILES string of the molecule is CCCNC(=O)C(Cc1ccccc1)N(Cc1ccccc1C)C(=O)Cc1cccc(C)c1. The zero-order valence-corrected chi connectivity index (χ0v) is 19.9. The molecule has 1 unspecified atom stereocenters. The first-order valence-corrected chi connectivity index (χ1v) is 11.7. The van der Waals surface area contributed by atoms with E-state index in [9.17, 15) is 9.59 Å². The Hall–Kier alpha value is -3.40. The molecule has 1 N–H and O–H groups in total. The van der Waals surface area contributed by atoms with E-state index in [0.29, 0.717) is 19.5 Å². The van der Waals surface area contributed by atoms with Gasteiger partial charge in [-0.05, 0) is 42.5 Å².